The number of carbonyl (C=O) groups excluding carboxylic acids is 1. The summed E-state index contributed by atoms with van der Waals surface area (Å²) < 4.78 is 0. The van der Waals surface area contributed by atoms with Crippen LogP contribution in [-0.2, 0) is 0 Å². The van der Waals surface area contributed by atoms with Gasteiger partial charge in [-0.1, -0.05) is 18.5 Å². The number of anilines is 1. The van der Waals surface area contributed by atoms with Gasteiger partial charge in [-0.15, -0.1) is 0 Å². The van der Waals surface area contributed by atoms with Crippen molar-refractivity contribution in [1.82, 2.24) is 10.3 Å². The van der Waals surface area contributed by atoms with E-state index >= 15 is 0 Å². The van der Waals surface area contributed by atoms with Crippen molar-refractivity contribution < 1.29 is 4.79 Å². The number of hydrogen-bond donors (Lipinski definition) is 2. The molecule has 0 spiro atoms. The molecule has 0 bridgehead atoms. The van der Waals surface area contributed by atoms with Crippen molar-refractivity contribution in [3.05, 3.63) is 22.8 Å². The van der Waals surface area contributed by atoms with Crippen molar-refractivity contribution in [3.63, 3.8) is 0 Å². The summed E-state index contributed by atoms with van der Waals surface area (Å²) in [5.41, 5.74) is 0.489. The zero-order valence-electron chi connectivity index (χ0n) is 11.5. The van der Waals surface area contributed by atoms with Crippen molar-refractivity contribution in [3.8, 4) is 0 Å². The fourth-order valence-corrected chi connectivity index (χ4v) is 2.06. The van der Waals surface area contributed by atoms with Gasteiger partial charge in [-0.05, 0) is 25.7 Å². The van der Waals surface area contributed by atoms with Gasteiger partial charge in [0.05, 0.1) is 10.6 Å². The van der Waals surface area contributed by atoms with Gasteiger partial charge in [-0.3, -0.25) is 4.79 Å². The standard InChI is InChI=1S/C13H20ClN3OS/c1-4-15-12-11(14)7-10(8-17-12)13(18)16-6-5-9(2)19-3/h7-9H,4-6H2,1-3H3,(H,15,17)(H,16,18). The molecule has 19 heavy (non-hydrogen) atoms. The van der Waals surface area contributed by atoms with Crippen LogP contribution in [0.5, 0.6) is 0 Å². The molecule has 0 saturated heterocycles. The Kier molecular flexibility index (Phi) is 7.02. The second-order valence-electron chi connectivity index (χ2n) is 4.18. The molecule has 106 valence electrons. The van der Waals surface area contributed by atoms with Crippen molar-refractivity contribution in [2.24, 2.45) is 0 Å². The molecule has 0 saturated carbocycles. The summed E-state index contributed by atoms with van der Waals surface area (Å²) in [6.45, 7) is 5.50. The Morgan fingerprint density at radius 2 is 2.32 bits per heavy atom. The summed E-state index contributed by atoms with van der Waals surface area (Å²) in [4.78, 5) is 16.0. The number of rotatable bonds is 7. The highest BCUT2D eigenvalue weighted by Crippen LogP contribution is 2.19. The molecule has 1 unspecified atom stereocenters. The smallest absolute Gasteiger partial charge is 0.252 e. The Hall–Kier alpha value is -0.940. The molecule has 0 aliphatic rings. The summed E-state index contributed by atoms with van der Waals surface area (Å²) in [5, 5.41) is 6.91. The molecule has 4 nitrogen and oxygen atoms in total. The van der Waals surface area contributed by atoms with E-state index in [-0.39, 0.29) is 5.91 Å². The van der Waals surface area contributed by atoms with Crippen LogP contribution in [0.3, 0.4) is 0 Å². The number of hydrogen-bond acceptors (Lipinski definition) is 4. The lowest BCUT2D eigenvalue weighted by molar-refractivity contribution is 0.0953. The van der Waals surface area contributed by atoms with E-state index in [4.69, 9.17) is 11.6 Å². The van der Waals surface area contributed by atoms with Crippen LogP contribution < -0.4 is 10.6 Å². The van der Waals surface area contributed by atoms with Gasteiger partial charge in [-0.2, -0.15) is 11.8 Å². The minimum atomic E-state index is -0.134. The predicted octanol–water partition coefficient (Wildman–Crippen LogP) is 3.04. The maximum absolute atomic E-state index is 11.9. The third-order valence-electron chi connectivity index (χ3n) is 2.69. The van der Waals surface area contributed by atoms with Crippen molar-refractivity contribution in [2.75, 3.05) is 24.7 Å². The maximum Gasteiger partial charge on any atom is 0.252 e. The number of halogens is 1. The third kappa shape index (κ3) is 5.28. The third-order valence-corrected chi connectivity index (χ3v) is 4.01. The van der Waals surface area contributed by atoms with Crippen molar-refractivity contribution in [1.29, 1.82) is 0 Å². The van der Waals surface area contributed by atoms with E-state index in [1.54, 1.807) is 17.8 Å². The van der Waals surface area contributed by atoms with Crippen LogP contribution in [0.25, 0.3) is 0 Å². The monoisotopic (exact) mass is 301 g/mol. The molecular weight excluding hydrogens is 282 g/mol. The summed E-state index contributed by atoms with van der Waals surface area (Å²) in [7, 11) is 0. The fourth-order valence-electron chi connectivity index (χ4n) is 1.47. The van der Waals surface area contributed by atoms with Gasteiger partial charge < -0.3 is 10.6 Å². The summed E-state index contributed by atoms with van der Waals surface area (Å²) in [6, 6.07) is 1.64. The number of carbonyl (C=O) groups is 1. The Bertz CT molecular complexity index is 428. The van der Waals surface area contributed by atoms with Crippen LogP contribution in [0.4, 0.5) is 5.82 Å². The largest absolute Gasteiger partial charge is 0.369 e. The molecule has 1 amide bonds. The topological polar surface area (TPSA) is 54.0 Å². The molecule has 0 aromatic carbocycles. The number of thioether (sulfide) groups is 1. The zero-order valence-corrected chi connectivity index (χ0v) is 13.1. The molecule has 6 heteroatoms. The van der Waals surface area contributed by atoms with Gasteiger partial charge in [0.2, 0.25) is 0 Å². The molecule has 0 fully saturated rings. The molecule has 0 radical (unpaired) electrons. The first-order chi connectivity index (χ1) is 9.08. The lowest BCUT2D eigenvalue weighted by atomic mass is 10.2. The van der Waals surface area contributed by atoms with Crippen LogP contribution in [0.15, 0.2) is 12.3 Å². The Labute approximate surface area is 123 Å². The average molecular weight is 302 g/mol. The molecule has 2 N–H and O–H groups in total. The minimum absolute atomic E-state index is 0.134. The van der Waals surface area contributed by atoms with Gasteiger partial charge in [-0.25, -0.2) is 4.98 Å². The molecule has 0 aliphatic heterocycles. The van der Waals surface area contributed by atoms with Gasteiger partial charge in [0.1, 0.15) is 5.82 Å². The highest BCUT2D eigenvalue weighted by atomic mass is 35.5. The number of nitrogens with zero attached hydrogens (tertiary/aromatic N) is 1. The van der Waals surface area contributed by atoms with Crippen LogP contribution in [0.1, 0.15) is 30.6 Å². The van der Waals surface area contributed by atoms with E-state index in [2.05, 4.69) is 28.8 Å². The van der Waals surface area contributed by atoms with Gasteiger partial charge in [0.25, 0.3) is 5.91 Å². The first-order valence-corrected chi connectivity index (χ1v) is 7.95. The predicted molar refractivity (Wildman–Crippen MR) is 83.3 cm³/mol. The van der Waals surface area contributed by atoms with Crippen LogP contribution in [-0.4, -0.2) is 35.5 Å². The van der Waals surface area contributed by atoms with E-state index < -0.39 is 0 Å². The molecule has 0 aliphatic carbocycles. The number of amides is 1. The quantitative estimate of drug-likeness (QED) is 0.813. The van der Waals surface area contributed by atoms with Crippen LogP contribution in [0.2, 0.25) is 5.02 Å². The normalized spacial score (nSPS) is 12.0. The molecule has 1 aromatic heterocycles. The van der Waals surface area contributed by atoms with E-state index in [9.17, 15) is 4.79 Å². The summed E-state index contributed by atoms with van der Waals surface area (Å²) in [5.74, 6) is 0.475. The highest BCUT2D eigenvalue weighted by Gasteiger charge is 2.09. The second kappa shape index (κ2) is 8.27. The molecule has 1 aromatic rings. The highest BCUT2D eigenvalue weighted by molar-refractivity contribution is 7.99. The minimum Gasteiger partial charge on any atom is -0.369 e. The molecule has 1 heterocycles. The number of aromatic nitrogens is 1. The molecule has 1 atom stereocenters. The Balaban J connectivity index is 2.55. The SMILES string of the molecule is CCNc1ncc(C(=O)NCCC(C)SC)cc1Cl. The Morgan fingerprint density at radius 1 is 1.58 bits per heavy atom. The van der Waals surface area contributed by atoms with Crippen LogP contribution in [0, 0.1) is 0 Å². The van der Waals surface area contributed by atoms with Crippen molar-refractivity contribution >= 4 is 35.1 Å². The first kappa shape index (κ1) is 16.1. The second-order valence-corrected chi connectivity index (χ2v) is 5.86. The van der Waals surface area contributed by atoms with Gasteiger partial charge >= 0.3 is 0 Å². The zero-order chi connectivity index (χ0) is 14.3. The van der Waals surface area contributed by atoms with E-state index in [0.717, 1.165) is 13.0 Å². The first-order valence-electron chi connectivity index (χ1n) is 6.28. The lowest BCUT2D eigenvalue weighted by Gasteiger charge is -2.10. The van der Waals surface area contributed by atoms with E-state index in [1.807, 2.05) is 6.92 Å². The number of pyridine rings is 1. The van der Waals surface area contributed by atoms with E-state index in [0.29, 0.717) is 28.2 Å². The summed E-state index contributed by atoms with van der Waals surface area (Å²) >= 11 is 7.84. The summed E-state index contributed by atoms with van der Waals surface area (Å²) in [6.07, 6.45) is 4.55. The fraction of sp³-hybridized carbons (Fsp3) is 0.538. The van der Waals surface area contributed by atoms with Crippen LogP contribution >= 0.6 is 23.4 Å². The van der Waals surface area contributed by atoms with Crippen molar-refractivity contribution in [2.45, 2.75) is 25.5 Å². The van der Waals surface area contributed by atoms with Gasteiger partial charge in [0.15, 0.2) is 0 Å². The Morgan fingerprint density at radius 3 is 2.89 bits per heavy atom. The molecular formula is C13H20ClN3OS. The maximum atomic E-state index is 11.9. The van der Waals surface area contributed by atoms with E-state index in [1.165, 1.54) is 6.20 Å². The molecule has 1 rings (SSSR count). The lowest BCUT2D eigenvalue weighted by Crippen LogP contribution is -2.26. The number of nitrogens with one attached hydrogen (secondary N) is 2. The van der Waals surface area contributed by atoms with Gasteiger partial charge in [0, 0.05) is 24.5 Å². The average Bonchev–Trinajstić information content (AvgIpc) is 2.40.